The van der Waals surface area contributed by atoms with Crippen LogP contribution in [-0.2, 0) is 25.2 Å². The monoisotopic (exact) mass is 479 g/mol. The van der Waals surface area contributed by atoms with Crippen LogP contribution in [0.25, 0.3) is 0 Å². The van der Waals surface area contributed by atoms with Gasteiger partial charge in [-0.1, -0.05) is 18.0 Å². The summed E-state index contributed by atoms with van der Waals surface area (Å²) in [5.41, 5.74) is 1.23. The summed E-state index contributed by atoms with van der Waals surface area (Å²) in [6, 6.07) is 0. The van der Waals surface area contributed by atoms with Gasteiger partial charge < -0.3 is 9.22 Å². The van der Waals surface area contributed by atoms with Gasteiger partial charge in [0.15, 0.2) is 17.4 Å². The van der Waals surface area contributed by atoms with Gasteiger partial charge in [0.2, 0.25) is 0 Å². The maximum atomic E-state index is 9.44. The van der Waals surface area contributed by atoms with Crippen molar-refractivity contribution in [1.82, 2.24) is 0 Å². The van der Waals surface area contributed by atoms with Gasteiger partial charge in [-0.25, -0.2) is 0 Å². The first kappa shape index (κ1) is 21.6. The maximum Gasteiger partial charge on any atom is 0.197 e. The van der Waals surface area contributed by atoms with Gasteiger partial charge in [0.05, 0.1) is 0 Å². The van der Waals surface area contributed by atoms with Gasteiger partial charge in [-0.05, 0) is 51.9 Å². The van der Waals surface area contributed by atoms with E-state index in [9.17, 15) is 5.11 Å². The van der Waals surface area contributed by atoms with Crippen molar-refractivity contribution >= 4 is 17.4 Å². The standard InChI is InChI=1S/C8H12O.C6H16OSi2.Pt/c1-2-8(9)6-4-3-5-7-8;1-6-9(4,5)7-8(2)3;/h1,9H,3-7H2;6,8H,1H2,2-5H3;. The van der Waals surface area contributed by atoms with Crippen molar-refractivity contribution in [2.75, 3.05) is 0 Å². The summed E-state index contributed by atoms with van der Waals surface area (Å²) in [4.78, 5) is 0. The molecule has 19 heavy (non-hydrogen) atoms. The Labute approximate surface area is 136 Å². The quantitative estimate of drug-likeness (QED) is 0.498. The summed E-state index contributed by atoms with van der Waals surface area (Å²) >= 11 is 0. The number of hydrogen-bond donors (Lipinski definition) is 1. The average Bonchev–Trinajstić information content (AvgIpc) is 2.29. The van der Waals surface area contributed by atoms with Gasteiger partial charge in [-0.3, -0.25) is 0 Å². The van der Waals surface area contributed by atoms with Gasteiger partial charge in [0.25, 0.3) is 0 Å². The van der Waals surface area contributed by atoms with Gasteiger partial charge in [-0.15, -0.1) is 13.0 Å². The van der Waals surface area contributed by atoms with Crippen molar-refractivity contribution in [2.24, 2.45) is 0 Å². The molecule has 0 aromatic carbocycles. The molecule has 2 nitrogen and oxygen atoms in total. The smallest absolute Gasteiger partial charge is 0.197 e. The molecule has 1 aliphatic carbocycles. The second kappa shape index (κ2) is 10.1. The molecule has 1 saturated carbocycles. The first-order valence-electron chi connectivity index (χ1n) is 6.76. The molecule has 0 radical (unpaired) electrons. The minimum absolute atomic E-state index is 0. The third kappa shape index (κ3) is 10.8. The zero-order valence-corrected chi connectivity index (χ0v) is 17.1. The van der Waals surface area contributed by atoms with Crippen LogP contribution >= 0.6 is 0 Å². The van der Waals surface area contributed by atoms with Crippen LogP contribution < -0.4 is 0 Å². The topological polar surface area (TPSA) is 29.5 Å². The molecule has 0 bridgehead atoms. The van der Waals surface area contributed by atoms with E-state index >= 15 is 0 Å². The molecule has 1 rings (SSSR count). The molecule has 0 spiro atoms. The molecule has 0 heterocycles. The van der Waals surface area contributed by atoms with Gasteiger partial charge >= 0.3 is 0 Å². The van der Waals surface area contributed by atoms with E-state index in [0.29, 0.717) is 0 Å². The van der Waals surface area contributed by atoms with Crippen LogP contribution in [0, 0.1) is 12.3 Å². The summed E-state index contributed by atoms with van der Waals surface area (Å²) in [7, 11) is -2.24. The molecular formula is C14H28O2PtSi2. The third-order valence-electron chi connectivity index (χ3n) is 2.98. The van der Waals surface area contributed by atoms with Crippen molar-refractivity contribution in [2.45, 2.75) is 63.9 Å². The van der Waals surface area contributed by atoms with Crippen molar-refractivity contribution in [3.63, 3.8) is 0 Å². The van der Waals surface area contributed by atoms with E-state index in [4.69, 9.17) is 10.5 Å². The predicted molar refractivity (Wildman–Crippen MR) is 84.5 cm³/mol. The normalized spacial score (nSPS) is 17.5. The van der Waals surface area contributed by atoms with Crippen LogP contribution in [0.15, 0.2) is 12.3 Å². The number of hydrogen-bond acceptors (Lipinski definition) is 2. The molecule has 1 fully saturated rings. The Morgan fingerprint density at radius 1 is 1.32 bits per heavy atom. The number of terminal acetylenes is 1. The molecule has 1 N–H and O–H groups in total. The Bertz CT molecular complexity index is 292. The van der Waals surface area contributed by atoms with Crippen molar-refractivity contribution < 1.29 is 30.3 Å². The van der Waals surface area contributed by atoms with Crippen molar-refractivity contribution in [3.05, 3.63) is 12.3 Å². The van der Waals surface area contributed by atoms with Crippen LogP contribution in [0.4, 0.5) is 0 Å². The molecule has 0 unspecified atom stereocenters. The summed E-state index contributed by atoms with van der Waals surface area (Å²) in [5.74, 6) is 2.44. The largest absolute Gasteiger partial charge is 0.455 e. The predicted octanol–water partition coefficient (Wildman–Crippen LogP) is 3.23. The molecule has 0 aromatic heterocycles. The second-order valence-electron chi connectivity index (χ2n) is 5.71. The molecule has 0 aromatic rings. The molecule has 0 saturated heterocycles. The Morgan fingerprint density at radius 2 is 1.79 bits per heavy atom. The van der Waals surface area contributed by atoms with Crippen LogP contribution in [0.2, 0.25) is 26.2 Å². The van der Waals surface area contributed by atoms with Crippen LogP contribution in [-0.4, -0.2) is 28.1 Å². The molecular weight excluding hydrogens is 451 g/mol. The number of rotatable bonds is 3. The SMILES string of the molecule is C#CC1(O)CCCCC1.C=C[Si](C)(C)O[SiH](C)C.[Pt]. The molecule has 1 aliphatic rings. The fraction of sp³-hybridized carbons (Fsp3) is 0.714. The van der Waals surface area contributed by atoms with E-state index in [-0.39, 0.29) is 21.1 Å². The van der Waals surface area contributed by atoms with Crippen LogP contribution in [0.5, 0.6) is 0 Å². The van der Waals surface area contributed by atoms with Crippen molar-refractivity contribution in [3.8, 4) is 12.3 Å². The Kier molecular flexibility index (Phi) is 11.5. The van der Waals surface area contributed by atoms with E-state index in [2.05, 4.69) is 38.7 Å². The first-order valence-corrected chi connectivity index (χ1v) is 12.5. The summed E-state index contributed by atoms with van der Waals surface area (Å²) in [5, 5.41) is 9.44. The van der Waals surface area contributed by atoms with Crippen LogP contribution in [0.3, 0.4) is 0 Å². The Balaban J connectivity index is 0. The third-order valence-corrected chi connectivity index (χ3v) is 8.28. The minimum Gasteiger partial charge on any atom is -0.455 e. The second-order valence-corrected chi connectivity index (χ2v) is 12.4. The van der Waals surface area contributed by atoms with Crippen molar-refractivity contribution in [1.29, 1.82) is 0 Å². The zero-order chi connectivity index (χ0) is 14.2. The fourth-order valence-corrected chi connectivity index (χ4v) is 7.18. The molecule has 0 aliphatic heterocycles. The molecule has 5 heteroatoms. The summed E-state index contributed by atoms with van der Waals surface area (Å²) < 4.78 is 5.75. The van der Waals surface area contributed by atoms with Gasteiger partial charge in [0.1, 0.15) is 5.60 Å². The maximum absolute atomic E-state index is 9.44. The fourth-order valence-electron chi connectivity index (χ4n) is 1.94. The molecule has 114 valence electrons. The van der Waals surface area contributed by atoms with E-state index in [0.717, 1.165) is 25.7 Å². The molecule has 0 amide bonds. The Hall–Kier alpha value is 0.342. The van der Waals surface area contributed by atoms with E-state index < -0.39 is 23.0 Å². The van der Waals surface area contributed by atoms with E-state index in [1.165, 1.54) is 6.42 Å². The van der Waals surface area contributed by atoms with E-state index in [1.807, 2.05) is 5.70 Å². The average molecular weight is 480 g/mol. The number of aliphatic hydroxyl groups is 1. The van der Waals surface area contributed by atoms with E-state index in [1.54, 1.807) is 0 Å². The first-order chi connectivity index (χ1) is 8.24. The Morgan fingerprint density at radius 3 is 2.00 bits per heavy atom. The van der Waals surface area contributed by atoms with Crippen LogP contribution in [0.1, 0.15) is 32.1 Å². The minimum atomic E-state index is -1.41. The summed E-state index contributed by atoms with van der Waals surface area (Å²) in [6.45, 7) is 12.5. The van der Waals surface area contributed by atoms with Gasteiger partial charge in [-0.2, -0.15) is 0 Å². The van der Waals surface area contributed by atoms with Gasteiger partial charge in [0, 0.05) is 21.1 Å². The zero-order valence-electron chi connectivity index (χ0n) is 12.6. The molecule has 0 atom stereocenters. The summed E-state index contributed by atoms with van der Waals surface area (Å²) in [6.07, 6.45) is 10.1.